The highest BCUT2D eigenvalue weighted by atomic mass is 19.1. The topological polar surface area (TPSA) is 88.2 Å². The predicted molar refractivity (Wildman–Crippen MR) is 122 cm³/mol. The minimum absolute atomic E-state index is 0.0990. The number of H-pyrrole nitrogens is 1. The van der Waals surface area contributed by atoms with Gasteiger partial charge in [0, 0.05) is 47.9 Å². The maximum atomic E-state index is 13.8. The van der Waals surface area contributed by atoms with Gasteiger partial charge >= 0.3 is 0 Å². The number of amides is 1. The van der Waals surface area contributed by atoms with E-state index < -0.39 is 6.04 Å². The number of nitrogens with zero attached hydrogens (tertiary/aromatic N) is 3. The van der Waals surface area contributed by atoms with Crippen LogP contribution in [0.15, 0.2) is 61.1 Å². The third kappa shape index (κ3) is 4.45. The van der Waals surface area contributed by atoms with Crippen molar-refractivity contribution in [3.8, 4) is 16.9 Å². The molecule has 1 atom stereocenters. The van der Waals surface area contributed by atoms with Gasteiger partial charge in [-0.3, -0.25) is 14.9 Å². The molecule has 1 amide bonds. The molecule has 0 aliphatic heterocycles. The van der Waals surface area contributed by atoms with Gasteiger partial charge in [0.1, 0.15) is 17.9 Å². The lowest BCUT2D eigenvalue weighted by molar-refractivity contribution is -0.108. The molecule has 2 aromatic carbocycles. The molecule has 2 heterocycles. The molecule has 168 valence electrons. The molecule has 2 aromatic heterocycles. The van der Waals surface area contributed by atoms with Crippen molar-refractivity contribution < 1.29 is 18.7 Å². The van der Waals surface area contributed by atoms with E-state index in [1.54, 1.807) is 56.0 Å². The third-order valence-corrected chi connectivity index (χ3v) is 5.51. The van der Waals surface area contributed by atoms with Gasteiger partial charge in [-0.1, -0.05) is 12.1 Å². The molecule has 0 bridgehead atoms. The van der Waals surface area contributed by atoms with Crippen LogP contribution in [0.25, 0.3) is 22.0 Å². The second-order valence-corrected chi connectivity index (χ2v) is 7.55. The minimum atomic E-state index is -0.537. The van der Waals surface area contributed by atoms with E-state index in [0.717, 1.165) is 17.2 Å². The molecule has 7 nitrogen and oxygen atoms in total. The fourth-order valence-electron chi connectivity index (χ4n) is 3.89. The smallest absolute Gasteiger partial charge is 0.254 e. The third-order valence-electron chi connectivity index (χ3n) is 5.51. The average Bonchev–Trinajstić information content (AvgIpc) is 3.31. The normalized spacial score (nSPS) is 11.8. The Balaban J connectivity index is 1.70. The van der Waals surface area contributed by atoms with E-state index in [9.17, 15) is 14.0 Å². The molecule has 33 heavy (non-hydrogen) atoms. The van der Waals surface area contributed by atoms with Crippen LogP contribution in [0.5, 0.6) is 5.75 Å². The van der Waals surface area contributed by atoms with Crippen LogP contribution in [0.3, 0.4) is 0 Å². The number of nitrogens with one attached hydrogen (secondary N) is 1. The second-order valence-electron chi connectivity index (χ2n) is 7.55. The van der Waals surface area contributed by atoms with Gasteiger partial charge in [0.2, 0.25) is 0 Å². The van der Waals surface area contributed by atoms with Crippen molar-refractivity contribution in [3.05, 3.63) is 78.0 Å². The van der Waals surface area contributed by atoms with Gasteiger partial charge in [0.05, 0.1) is 24.4 Å². The lowest BCUT2D eigenvalue weighted by atomic mass is 10.00. The molecule has 8 heteroatoms. The lowest BCUT2D eigenvalue weighted by Crippen LogP contribution is -2.32. The van der Waals surface area contributed by atoms with Crippen molar-refractivity contribution in [1.29, 1.82) is 0 Å². The number of pyridine rings is 1. The molecule has 4 rings (SSSR count). The predicted octanol–water partition coefficient (Wildman–Crippen LogP) is 4.57. The van der Waals surface area contributed by atoms with Crippen LogP contribution < -0.4 is 4.74 Å². The van der Waals surface area contributed by atoms with Gasteiger partial charge in [-0.15, -0.1) is 0 Å². The van der Waals surface area contributed by atoms with Crippen LogP contribution in [0, 0.1) is 5.82 Å². The number of hydrogen-bond donors (Lipinski definition) is 1. The number of ether oxygens (including phenoxy) is 1. The number of aromatic amines is 1. The van der Waals surface area contributed by atoms with E-state index in [1.165, 1.54) is 17.0 Å². The van der Waals surface area contributed by atoms with Gasteiger partial charge in [-0.05, 0) is 42.8 Å². The fraction of sp³-hybridized carbons (Fsp3) is 0.200. The van der Waals surface area contributed by atoms with Crippen LogP contribution in [-0.4, -0.2) is 45.9 Å². The molecule has 0 aliphatic carbocycles. The first-order chi connectivity index (χ1) is 16.0. The summed E-state index contributed by atoms with van der Waals surface area (Å²) in [4.78, 5) is 30.6. The van der Waals surface area contributed by atoms with Crippen LogP contribution >= 0.6 is 0 Å². The highest BCUT2D eigenvalue weighted by molar-refractivity contribution is 5.96. The number of carbonyl (C=O) groups excluding carboxylic acids is 2. The molecule has 0 fully saturated rings. The number of aromatic nitrogens is 3. The van der Waals surface area contributed by atoms with Gasteiger partial charge in [-0.25, -0.2) is 4.39 Å². The van der Waals surface area contributed by atoms with E-state index in [1.807, 2.05) is 6.92 Å². The maximum absolute atomic E-state index is 13.8. The number of halogens is 1. The summed E-state index contributed by atoms with van der Waals surface area (Å²) < 4.78 is 19.5. The minimum Gasteiger partial charge on any atom is -0.493 e. The number of fused-ring (bicyclic) bond motifs is 1. The zero-order chi connectivity index (χ0) is 23.4. The number of benzene rings is 2. The molecule has 0 saturated heterocycles. The summed E-state index contributed by atoms with van der Waals surface area (Å²) in [6.45, 7) is 2.23. The van der Waals surface area contributed by atoms with Gasteiger partial charge in [-0.2, -0.15) is 5.10 Å². The molecular weight excluding hydrogens is 423 g/mol. The fourth-order valence-corrected chi connectivity index (χ4v) is 3.89. The Kier molecular flexibility index (Phi) is 6.44. The lowest BCUT2D eigenvalue weighted by Gasteiger charge is -2.27. The molecule has 4 aromatic rings. The van der Waals surface area contributed by atoms with E-state index in [-0.39, 0.29) is 18.1 Å². The van der Waals surface area contributed by atoms with Crippen LogP contribution in [0.1, 0.15) is 35.3 Å². The standard InChI is InChI=1S/C25H23FN4O3/c1-3-33-23-12-17(7-8-20(23)16-5-4-6-19(26)11-16)25(32)30(2)22(9-10-31)21-15-27-13-18-14-28-29-24(18)21/h4-8,10-15,22H,3,9H2,1-2H3,(H,28,29)/t22-/m1/s1. The average molecular weight is 446 g/mol. The van der Waals surface area contributed by atoms with E-state index in [0.29, 0.717) is 34.6 Å². The van der Waals surface area contributed by atoms with Crippen LogP contribution in [-0.2, 0) is 4.79 Å². The zero-order valence-electron chi connectivity index (χ0n) is 18.3. The maximum Gasteiger partial charge on any atom is 0.254 e. The van der Waals surface area contributed by atoms with Crippen molar-refractivity contribution in [1.82, 2.24) is 20.1 Å². The first-order valence-corrected chi connectivity index (χ1v) is 10.5. The Morgan fingerprint density at radius 1 is 1.21 bits per heavy atom. The van der Waals surface area contributed by atoms with E-state index in [2.05, 4.69) is 15.2 Å². The van der Waals surface area contributed by atoms with Crippen molar-refractivity contribution in [2.45, 2.75) is 19.4 Å². The second kappa shape index (κ2) is 9.60. The Labute approximate surface area is 190 Å². The molecular formula is C25H23FN4O3. The summed E-state index contributed by atoms with van der Waals surface area (Å²) in [7, 11) is 1.65. The molecule has 1 N–H and O–H groups in total. The molecule has 0 saturated carbocycles. The number of carbonyl (C=O) groups is 2. The van der Waals surface area contributed by atoms with Crippen molar-refractivity contribution in [3.63, 3.8) is 0 Å². The SMILES string of the molecule is CCOc1cc(C(=O)N(C)[C@H](CC=O)c2cncc3cn[nH]c23)ccc1-c1cccc(F)c1. The van der Waals surface area contributed by atoms with Crippen molar-refractivity contribution >= 4 is 23.1 Å². The summed E-state index contributed by atoms with van der Waals surface area (Å²) in [5.41, 5.74) is 3.16. The molecule has 0 aliphatic rings. The van der Waals surface area contributed by atoms with Crippen LogP contribution in [0.2, 0.25) is 0 Å². The summed E-state index contributed by atoms with van der Waals surface area (Å²) >= 11 is 0. The van der Waals surface area contributed by atoms with Gasteiger partial charge < -0.3 is 14.4 Å². The highest BCUT2D eigenvalue weighted by Crippen LogP contribution is 2.33. The molecule has 0 radical (unpaired) electrons. The van der Waals surface area contributed by atoms with Gasteiger partial charge in [0.15, 0.2) is 0 Å². The highest BCUT2D eigenvalue weighted by Gasteiger charge is 2.26. The molecule has 0 unspecified atom stereocenters. The van der Waals surface area contributed by atoms with Gasteiger partial charge in [0.25, 0.3) is 5.91 Å². The summed E-state index contributed by atoms with van der Waals surface area (Å²) in [5, 5.41) is 7.76. The Hall–Kier alpha value is -4.07. The Bertz CT molecular complexity index is 1300. The van der Waals surface area contributed by atoms with Crippen molar-refractivity contribution in [2.75, 3.05) is 13.7 Å². The Morgan fingerprint density at radius 2 is 2.06 bits per heavy atom. The monoisotopic (exact) mass is 446 g/mol. The van der Waals surface area contributed by atoms with E-state index in [4.69, 9.17) is 4.74 Å². The zero-order valence-corrected chi connectivity index (χ0v) is 18.3. The van der Waals surface area contributed by atoms with Crippen LogP contribution in [0.4, 0.5) is 4.39 Å². The first kappa shape index (κ1) is 22.1. The molecule has 0 spiro atoms. The number of hydrogen-bond acceptors (Lipinski definition) is 5. The van der Waals surface area contributed by atoms with E-state index >= 15 is 0 Å². The van der Waals surface area contributed by atoms with Crippen molar-refractivity contribution in [2.24, 2.45) is 0 Å². The number of rotatable bonds is 8. The quantitative estimate of drug-likeness (QED) is 0.401. The summed E-state index contributed by atoms with van der Waals surface area (Å²) in [5.74, 6) is -0.162. The first-order valence-electron chi connectivity index (χ1n) is 10.5. The summed E-state index contributed by atoms with van der Waals surface area (Å²) in [6, 6.07) is 10.7. The largest absolute Gasteiger partial charge is 0.493 e. The number of aldehydes is 1. The Morgan fingerprint density at radius 3 is 2.82 bits per heavy atom. The summed E-state index contributed by atoms with van der Waals surface area (Å²) in [6.07, 6.45) is 5.83.